The van der Waals surface area contributed by atoms with Crippen LogP contribution < -0.4 is 30.9 Å². The molecule has 0 aliphatic carbocycles. The van der Waals surface area contributed by atoms with Gasteiger partial charge >= 0.3 is 0 Å². The van der Waals surface area contributed by atoms with E-state index in [1.54, 1.807) is 11.9 Å². The van der Waals surface area contributed by atoms with Gasteiger partial charge < -0.3 is 60.0 Å². The van der Waals surface area contributed by atoms with Crippen molar-refractivity contribution in [3.8, 4) is 28.7 Å². The molecule has 0 saturated carbocycles. The summed E-state index contributed by atoms with van der Waals surface area (Å²) in [4.78, 5) is 67.1. The molecule has 6 aromatic rings. The summed E-state index contributed by atoms with van der Waals surface area (Å²) in [6.45, 7) is 10.6. The highest BCUT2D eigenvalue weighted by Gasteiger charge is 2.61. The number of amides is 4. The molecule has 89 heavy (non-hydrogen) atoms. The van der Waals surface area contributed by atoms with Crippen molar-refractivity contribution >= 4 is 86.8 Å². The molecule has 3 heterocycles. The van der Waals surface area contributed by atoms with Gasteiger partial charge in [0, 0.05) is 105 Å². The van der Waals surface area contributed by atoms with Crippen LogP contribution in [0.15, 0.2) is 78.9 Å². The zero-order valence-electron chi connectivity index (χ0n) is 49.9. The topological polar surface area (TPSA) is 233 Å². The number of nitriles is 1. The first-order valence-corrected chi connectivity index (χ1v) is 29.8. The van der Waals surface area contributed by atoms with Gasteiger partial charge in [-0.3, -0.25) is 19.2 Å². The van der Waals surface area contributed by atoms with Crippen molar-refractivity contribution in [1.82, 2.24) is 30.4 Å². The molecular formula is C63H69Cl3F4N10O9. The summed E-state index contributed by atoms with van der Waals surface area (Å²) in [5.74, 6) is -6.36. The second-order valence-electron chi connectivity index (χ2n) is 22.6. The second-order valence-corrected chi connectivity index (χ2v) is 23.9. The number of aromatic hydroxyl groups is 1. The molecule has 4 atom stereocenters. The standard InChI is InChI=1S/C63H69Cl3F4N10O9/c1-36(81)79-20-22-80(23-21-79)58-40-33-43(66)51(52-44(67)11-8-12-47(52)82)55(70)56(40)76-61(77-58)73-18-17-50(83)78(5)24-26-88-28-30-89-29-27-87-25-19-72-59(84)37-13-16-46(48(31-37)86-6)74-60(85)57-53(39-9-7-10-42(65)54(39)69)63(35-71,49(75-57)34-62(2,3)4)41-15-14-38(64)32-45(41)68/h7-16,31-33,49,53,57,75,82H,17-30,34H2,1-6H3,(H,72,84)(H,74,85)(H,73,76,77)/t49-,53-,57+,63-/m0/s1. The van der Waals surface area contributed by atoms with Gasteiger partial charge in [0.15, 0.2) is 5.82 Å². The van der Waals surface area contributed by atoms with Gasteiger partial charge in [0.25, 0.3) is 5.91 Å². The van der Waals surface area contributed by atoms with Crippen LogP contribution in [-0.4, -0.2) is 160 Å². The number of likely N-dealkylation sites (N-methyl/N-ethyl adjacent to an activating group) is 1. The lowest BCUT2D eigenvalue weighted by molar-refractivity contribution is -0.130. The molecular weight excluding hydrogens is 1220 g/mol. The third-order valence-electron chi connectivity index (χ3n) is 15.5. The molecule has 5 aromatic carbocycles. The van der Waals surface area contributed by atoms with Crippen LogP contribution >= 0.6 is 34.8 Å². The molecule has 1 aromatic heterocycles. The van der Waals surface area contributed by atoms with Gasteiger partial charge in [-0.2, -0.15) is 10.2 Å². The number of phenolic OH excluding ortho intramolecular Hbond substituents is 1. The van der Waals surface area contributed by atoms with Gasteiger partial charge in [-0.15, -0.1) is 0 Å². The molecule has 0 bridgehead atoms. The number of methoxy groups -OCH3 is 1. The molecule has 2 saturated heterocycles. The van der Waals surface area contributed by atoms with E-state index in [9.17, 15) is 29.5 Å². The summed E-state index contributed by atoms with van der Waals surface area (Å²) in [6, 6.07) is 17.7. The Bertz CT molecular complexity index is 3610. The van der Waals surface area contributed by atoms with E-state index in [0.717, 1.165) is 12.1 Å². The number of carbonyl (C=O) groups excluding carboxylic acids is 4. The van der Waals surface area contributed by atoms with Crippen LogP contribution in [0, 0.1) is 40.0 Å². The minimum absolute atomic E-state index is 0.00526. The molecule has 2 fully saturated rings. The van der Waals surface area contributed by atoms with Gasteiger partial charge in [0.05, 0.1) is 80.2 Å². The average Bonchev–Trinajstić information content (AvgIpc) is 1.63. The maximum absolute atomic E-state index is 16.5. The summed E-state index contributed by atoms with van der Waals surface area (Å²) in [5.41, 5.74) is -3.04. The fourth-order valence-electron chi connectivity index (χ4n) is 11.1. The van der Waals surface area contributed by atoms with E-state index in [2.05, 4.69) is 37.3 Å². The minimum atomic E-state index is -1.84. The van der Waals surface area contributed by atoms with Crippen LogP contribution in [0.2, 0.25) is 15.1 Å². The molecule has 5 N–H and O–H groups in total. The lowest BCUT2D eigenvalue weighted by Crippen LogP contribution is -2.48. The Morgan fingerprint density at radius 1 is 0.831 bits per heavy atom. The highest BCUT2D eigenvalue weighted by molar-refractivity contribution is 6.34. The molecule has 26 heteroatoms. The number of nitrogens with zero attached hydrogens (tertiary/aromatic N) is 6. The lowest BCUT2D eigenvalue weighted by atomic mass is 9.62. The van der Waals surface area contributed by atoms with Crippen molar-refractivity contribution < 1.29 is 60.8 Å². The Hall–Kier alpha value is -7.56. The van der Waals surface area contributed by atoms with Crippen molar-refractivity contribution in [1.29, 1.82) is 5.26 Å². The van der Waals surface area contributed by atoms with E-state index in [4.69, 9.17) is 53.8 Å². The number of benzene rings is 5. The Morgan fingerprint density at radius 2 is 1.53 bits per heavy atom. The number of aromatic nitrogens is 2. The number of anilines is 3. The molecule has 474 valence electrons. The van der Waals surface area contributed by atoms with Crippen LogP contribution in [0.4, 0.5) is 35.0 Å². The summed E-state index contributed by atoms with van der Waals surface area (Å²) in [7, 11) is 2.98. The van der Waals surface area contributed by atoms with Crippen LogP contribution in [0.25, 0.3) is 22.0 Å². The predicted octanol–water partition coefficient (Wildman–Crippen LogP) is 9.90. The predicted molar refractivity (Wildman–Crippen MR) is 331 cm³/mol. The minimum Gasteiger partial charge on any atom is -0.507 e. The Balaban J connectivity index is 0.762. The zero-order valence-corrected chi connectivity index (χ0v) is 52.2. The SMILES string of the molecule is COc1cc(C(=O)NCCOCCOCCOCCN(C)C(=O)CCNc2nc(N3CCN(C(C)=O)CC3)c3cc(Cl)c(-c4c(O)cccc4F)c(F)c3n2)ccc1NC(=O)[C@@H]1N[C@@H](CC(C)(C)C)[C@](C#N)(c2ccc(Cl)cc2F)[C@H]1c1cccc(Cl)c1F. The van der Waals surface area contributed by atoms with Gasteiger partial charge in [-0.05, 0) is 72.0 Å². The first-order chi connectivity index (χ1) is 42.5. The van der Waals surface area contributed by atoms with E-state index in [-0.39, 0.29) is 150 Å². The van der Waals surface area contributed by atoms with Crippen molar-refractivity contribution in [2.45, 2.75) is 64.0 Å². The summed E-state index contributed by atoms with van der Waals surface area (Å²) in [6.07, 6.45) is 0.287. The molecule has 2 aliphatic heterocycles. The van der Waals surface area contributed by atoms with Gasteiger partial charge in [0.1, 0.15) is 45.7 Å². The second kappa shape index (κ2) is 29.8. The maximum atomic E-state index is 16.5. The molecule has 2 aliphatic rings. The first kappa shape index (κ1) is 67.4. The van der Waals surface area contributed by atoms with Crippen LogP contribution in [0.1, 0.15) is 67.9 Å². The fraction of sp³-hybridized carbons (Fsp3) is 0.413. The van der Waals surface area contributed by atoms with E-state index in [0.29, 0.717) is 32.0 Å². The monoisotopic (exact) mass is 1290 g/mol. The van der Waals surface area contributed by atoms with Gasteiger partial charge in [0.2, 0.25) is 23.7 Å². The maximum Gasteiger partial charge on any atom is 0.251 e. The number of nitrogens with one attached hydrogen (secondary N) is 4. The number of phenols is 1. The van der Waals surface area contributed by atoms with Crippen molar-refractivity contribution in [2.24, 2.45) is 5.41 Å². The van der Waals surface area contributed by atoms with Crippen LogP contribution in [-0.2, 0) is 34.0 Å². The number of rotatable bonds is 25. The molecule has 0 spiro atoms. The van der Waals surface area contributed by atoms with E-state index >= 15 is 17.6 Å². The summed E-state index contributed by atoms with van der Waals surface area (Å²) < 4.78 is 86.3. The highest BCUT2D eigenvalue weighted by atomic mass is 35.5. The molecule has 19 nitrogen and oxygen atoms in total. The number of carbonyl (C=O) groups is 4. The highest BCUT2D eigenvalue weighted by Crippen LogP contribution is 2.53. The number of hydrogen-bond acceptors (Lipinski definition) is 15. The van der Waals surface area contributed by atoms with Crippen LogP contribution in [0.5, 0.6) is 11.5 Å². The number of fused-ring (bicyclic) bond motifs is 1. The Labute approximate surface area is 527 Å². The van der Waals surface area contributed by atoms with Gasteiger partial charge in [-0.25, -0.2) is 22.5 Å². The van der Waals surface area contributed by atoms with E-state index in [1.807, 2.05) is 25.7 Å². The fourth-order valence-corrected chi connectivity index (χ4v) is 11.7. The van der Waals surface area contributed by atoms with Crippen molar-refractivity contribution in [3.63, 3.8) is 0 Å². The molecule has 8 rings (SSSR count). The zero-order chi connectivity index (χ0) is 64.3. The number of hydrogen-bond donors (Lipinski definition) is 5. The van der Waals surface area contributed by atoms with E-state index < -0.39 is 75.2 Å². The summed E-state index contributed by atoms with van der Waals surface area (Å²) in [5, 5.41) is 33.5. The average molecular weight is 1290 g/mol. The van der Waals surface area contributed by atoms with Crippen molar-refractivity contribution in [3.05, 3.63) is 134 Å². The van der Waals surface area contributed by atoms with Crippen LogP contribution in [0.3, 0.4) is 0 Å². The summed E-state index contributed by atoms with van der Waals surface area (Å²) >= 11 is 19.0. The molecule has 0 radical (unpaired) electrons. The van der Waals surface area contributed by atoms with Crippen molar-refractivity contribution in [2.75, 3.05) is 115 Å². The lowest BCUT2D eigenvalue weighted by Gasteiger charge is -2.37. The van der Waals surface area contributed by atoms with Gasteiger partial charge in [-0.1, -0.05) is 79.8 Å². The smallest absolute Gasteiger partial charge is 0.251 e. The normalized spacial score (nSPS) is 17.6. The Kier molecular flexibility index (Phi) is 22.6. The third kappa shape index (κ3) is 15.7. The first-order valence-electron chi connectivity index (χ1n) is 28.7. The third-order valence-corrected chi connectivity index (χ3v) is 16.3. The Morgan fingerprint density at radius 3 is 2.19 bits per heavy atom. The molecule has 0 unspecified atom stereocenters. The van der Waals surface area contributed by atoms with E-state index in [1.165, 1.54) is 85.7 Å². The number of ether oxygens (including phenoxy) is 4. The quantitative estimate of drug-likeness (QED) is 0.0265. The largest absolute Gasteiger partial charge is 0.507 e. The number of piperazine rings is 1. The molecule has 4 amide bonds. The number of halogens is 7.